The molecule has 1 aliphatic heterocycles. The normalized spacial score (nSPS) is 25.3. The molecule has 3 rings (SSSR count). The number of phenols is 2. The molecule has 8 heteroatoms. The van der Waals surface area contributed by atoms with E-state index in [-0.39, 0.29) is 23.2 Å². The molecule has 8 nitrogen and oxygen atoms in total. The summed E-state index contributed by atoms with van der Waals surface area (Å²) in [6.07, 6.45) is 3.67. The van der Waals surface area contributed by atoms with E-state index >= 15 is 0 Å². The first-order chi connectivity index (χ1) is 13.8. The number of ketones is 1. The third-order valence-corrected chi connectivity index (χ3v) is 5.02. The summed E-state index contributed by atoms with van der Waals surface area (Å²) >= 11 is 0. The van der Waals surface area contributed by atoms with Crippen molar-refractivity contribution in [2.75, 3.05) is 0 Å². The van der Waals surface area contributed by atoms with Crippen LogP contribution in [0.1, 0.15) is 25.3 Å². The highest BCUT2D eigenvalue weighted by Gasteiger charge is 2.51. The van der Waals surface area contributed by atoms with Gasteiger partial charge in [-0.15, -0.1) is 0 Å². The van der Waals surface area contributed by atoms with Crippen LogP contribution in [0.2, 0.25) is 0 Å². The summed E-state index contributed by atoms with van der Waals surface area (Å²) in [6, 6.07) is 4.05. The van der Waals surface area contributed by atoms with Crippen molar-refractivity contribution >= 4 is 23.8 Å². The van der Waals surface area contributed by atoms with Crippen LogP contribution in [-0.2, 0) is 23.9 Å². The van der Waals surface area contributed by atoms with Crippen molar-refractivity contribution in [3.8, 4) is 11.5 Å². The van der Waals surface area contributed by atoms with Gasteiger partial charge in [0.1, 0.15) is 6.10 Å². The molecule has 1 unspecified atom stereocenters. The van der Waals surface area contributed by atoms with Crippen molar-refractivity contribution < 1.29 is 39.2 Å². The number of carbonyl (C=O) groups is 3. The molecular weight excluding hydrogens is 380 g/mol. The van der Waals surface area contributed by atoms with Crippen LogP contribution < -0.4 is 0 Å². The molecule has 0 bridgehead atoms. The molecule has 1 aromatic rings. The van der Waals surface area contributed by atoms with Gasteiger partial charge < -0.3 is 24.8 Å². The number of aliphatic hydroxyl groups is 1. The van der Waals surface area contributed by atoms with Crippen molar-refractivity contribution in [1.82, 2.24) is 0 Å². The van der Waals surface area contributed by atoms with Gasteiger partial charge in [0.15, 0.2) is 23.4 Å². The number of aliphatic hydroxyl groups excluding tert-OH is 1. The van der Waals surface area contributed by atoms with Gasteiger partial charge >= 0.3 is 11.9 Å². The van der Waals surface area contributed by atoms with E-state index in [4.69, 9.17) is 9.47 Å². The number of Topliss-reactive ketones (excluding diaryl/α,β-unsaturated/α-hetero) is 1. The molecule has 0 radical (unpaired) electrons. The Kier molecular flexibility index (Phi) is 6.03. The third kappa shape index (κ3) is 5.03. The summed E-state index contributed by atoms with van der Waals surface area (Å²) in [7, 11) is 0. The zero-order valence-electron chi connectivity index (χ0n) is 15.7. The fraction of sp³-hybridized carbons (Fsp3) is 0.381. The molecule has 3 N–H and O–H groups in total. The van der Waals surface area contributed by atoms with Gasteiger partial charge in [-0.25, -0.2) is 9.59 Å². The van der Waals surface area contributed by atoms with Gasteiger partial charge in [0, 0.05) is 24.5 Å². The highest BCUT2D eigenvalue weighted by molar-refractivity contribution is 5.93. The van der Waals surface area contributed by atoms with Crippen LogP contribution >= 0.6 is 0 Å². The lowest BCUT2D eigenvalue weighted by Gasteiger charge is -2.24. The Morgan fingerprint density at radius 3 is 2.72 bits per heavy atom. The van der Waals surface area contributed by atoms with Crippen LogP contribution in [0.25, 0.3) is 6.08 Å². The quantitative estimate of drug-likeness (QED) is 0.355. The average molecular weight is 402 g/mol. The predicted octanol–water partition coefficient (Wildman–Crippen LogP) is 1.48. The third-order valence-electron chi connectivity index (χ3n) is 5.02. The van der Waals surface area contributed by atoms with Crippen molar-refractivity contribution in [2.24, 2.45) is 11.8 Å². The summed E-state index contributed by atoms with van der Waals surface area (Å²) in [5, 5.41) is 29.0. The maximum Gasteiger partial charge on any atom is 0.331 e. The molecule has 1 fully saturated rings. The number of hydrogen-bond acceptors (Lipinski definition) is 8. The van der Waals surface area contributed by atoms with Crippen LogP contribution in [0.4, 0.5) is 0 Å². The van der Waals surface area contributed by atoms with E-state index in [0.717, 1.165) is 6.08 Å². The monoisotopic (exact) mass is 402 g/mol. The number of benzene rings is 1. The van der Waals surface area contributed by atoms with E-state index < -0.39 is 36.2 Å². The van der Waals surface area contributed by atoms with E-state index in [0.29, 0.717) is 18.4 Å². The van der Waals surface area contributed by atoms with Crippen molar-refractivity contribution in [3.63, 3.8) is 0 Å². The van der Waals surface area contributed by atoms with Gasteiger partial charge in [0.05, 0.1) is 6.10 Å². The molecule has 1 saturated carbocycles. The lowest BCUT2D eigenvalue weighted by atomic mass is 10.0. The number of esters is 2. The zero-order valence-corrected chi connectivity index (χ0v) is 15.7. The van der Waals surface area contributed by atoms with E-state index in [9.17, 15) is 29.7 Å². The zero-order chi connectivity index (χ0) is 21.1. The lowest BCUT2D eigenvalue weighted by molar-refractivity contribution is -0.152. The minimum absolute atomic E-state index is 0.274. The second-order valence-electron chi connectivity index (χ2n) is 7.17. The molecule has 154 valence electrons. The number of cyclic esters (lactones) is 1. The Bertz CT molecular complexity index is 871. The van der Waals surface area contributed by atoms with Crippen molar-refractivity contribution in [2.45, 2.75) is 38.1 Å². The maximum atomic E-state index is 12.5. The number of rotatable bonds is 7. The average Bonchev–Trinajstić information content (AvgIpc) is 3.48. The molecule has 1 aliphatic carbocycles. The summed E-state index contributed by atoms with van der Waals surface area (Å²) in [5.41, 5.74) is 0.470. The van der Waals surface area contributed by atoms with Gasteiger partial charge in [-0.3, -0.25) is 4.79 Å². The van der Waals surface area contributed by atoms with Gasteiger partial charge in [-0.05, 0) is 43.0 Å². The fourth-order valence-electron chi connectivity index (χ4n) is 3.32. The Morgan fingerprint density at radius 2 is 2.03 bits per heavy atom. The first-order valence-electron chi connectivity index (χ1n) is 9.26. The molecule has 0 aromatic heterocycles. The summed E-state index contributed by atoms with van der Waals surface area (Å²) in [4.78, 5) is 35.7. The van der Waals surface area contributed by atoms with E-state index in [1.165, 1.54) is 37.3 Å². The number of phenolic OH excluding ortho intramolecular Hbond substituents is 2. The molecule has 0 spiro atoms. The number of ether oxygens (including phenoxy) is 2. The van der Waals surface area contributed by atoms with E-state index in [2.05, 4.69) is 0 Å². The summed E-state index contributed by atoms with van der Waals surface area (Å²) in [5.74, 6) is -2.91. The summed E-state index contributed by atoms with van der Waals surface area (Å²) < 4.78 is 10.2. The van der Waals surface area contributed by atoms with Gasteiger partial charge in [-0.2, -0.15) is 0 Å². The lowest BCUT2D eigenvalue weighted by Crippen LogP contribution is -2.35. The van der Waals surface area contributed by atoms with Crippen LogP contribution in [0.3, 0.4) is 0 Å². The highest BCUT2D eigenvalue weighted by Crippen LogP contribution is 2.45. The highest BCUT2D eigenvalue weighted by atomic mass is 16.6. The molecule has 5 atom stereocenters. The molecule has 2 aliphatic rings. The summed E-state index contributed by atoms with van der Waals surface area (Å²) in [6.45, 7) is 1.46. The molecule has 0 saturated heterocycles. The SMILES string of the molecule is CC(OC(=O)/C=C/c1ccc(O)c(O)c1)C(=O)[C@H]1C[C@@H]1[C@H](O)[C@H]1CC=CC(=O)O1. The smallest absolute Gasteiger partial charge is 0.331 e. The Morgan fingerprint density at radius 1 is 1.28 bits per heavy atom. The Balaban J connectivity index is 1.49. The largest absolute Gasteiger partial charge is 0.504 e. The topological polar surface area (TPSA) is 130 Å². The van der Waals surface area contributed by atoms with E-state index in [1.807, 2.05) is 0 Å². The fourth-order valence-corrected chi connectivity index (χ4v) is 3.32. The standard InChI is InChI=1S/C21H22O8/c1-11(28-19(25)8-6-12-5-7-15(22)16(23)9-12)20(26)13-10-14(13)21(27)17-3-2-4-18(24)29-17/h2,4-9,11,13-14,17,21-23,27H,3,10H2,1H3/b8-6+/t11?,13-,14-,17+,21-/m0/s1. The van der Waals surface area contributed by atoms with Gasteiger partial charge in [0.25, 0.3) is 0 Å². The molecular formula is C21H22O8. The van der Waals surface area contributed by atoms with Gasteiger partial charge in [-0.1, -0.05) is 12.1 Å². The van der Waals surface area contributed by atoms with Crippen LogP contribution in [0.5, 0.6) is 11.5 Å². The van der Waals surface area contributed by atoms with Crippen molar-refractivity contribution in [3.05, 3.63) is 42.0 Å². The van der Waals surface area contributed by atoms with Crippen LogP contribution in [0.15, 0.2) is 36.4 Å². The molecule has 1 aromatic carbocycles. The van der Waals surface area contributed by atoms with Crippen LogP contribution in [-0.4, -0.2) is 51.4 Å². The van der Waals surface area contributed by atoms with E-state index in [1.54, 1.807) is 6.08 Å². The molecule has 29 heavy (non-hydrogen) atoms. The van der Waals surface area contributed by atoms with Crippen molar-refractivity contribution in [1.29, 1.82) is 0 Å². The Hall–Kier alpha value is -3.13. The number of aromatic hydroxyl groups is 2. The Labute approximate surface area is 167 Å². The number of carbonyl (C=O) groups excluding carboxylic acids is 3. The minimum atomic E-state index is -0.989. The minimum Gasteiger partial charge on any atom is -0.504 e. The molecule has 1 heterocycles. The first kappa shape index (κ1) is 20.6. The second-order valence-corrected chi connectivity index (χ2v) is 7.17. The van der Waals surface area contributed by atoms with Crippen LogP contribution in [0, 0.1) is 11.8 Å². The maximum absolute atomic E-state index is 12.5. The second kappa shape index (κ2) is 8.48. The van der Waals surface area contributed by atoms with Gasteiger partial charge in [0.2, 0.25) is 0 Å². The number of hydrogen-bond donors (Lipinski definition) is 3. The predicted molar refractivity (Wildman–Crippen MR) is 101 cm³/mol. The first-order valence-corrected chi connectivity index (χ1v) is 9.26. The molecule has 0 amide bonds.